The summed E-state index contributed by atoms with van der Waals surface area (Å²) >= 11 is 4.86. The molecule has 0 spiro atoms. The van der Waals surface area contributed by atoms with E-state index >= 15 is 0 Å². The number of nitrogens with one attached hydrogen (secondary N) is 2. The largest absolute Gasteiger partial charge is 0.370 e. The molecule has 0 unspecified atom stereocenters. The van der Waals surface area contributed by atoms with Gasteiger partial charge < -0.3 is 15.4 Å². The van der Waals surface area contributed by atoms with Gasteiger partial charge in [0.05, 0.1) is 6.61 Å². The fraction of sp³-hybridized carbons (Fsp3) is 0.846. The van der Waals surface area contributed by atoms with Crippen LogP contribution in [-0.2, 0) is 9.53 Å². The van der Waals surface area contributed by atoms with Crippen molar-refractivity contribution in [3.05, 3.63) is 0 Å². The lowest BCUT2D eigenvalue weighted by atomic mass is 9.90. The van der Waals surface area contributed by atoms with Crippen LogP contribution in [0.2, 0.25) is 0 Å². The summed E-state index contributed by atoms with van der Waals surface area (Å²) in [5.41, 5.74) is 0.181. The Labute approximate surface area is 116 Å². The Morgan fingerprint density at radius 2 is 2.11 bits per heavy atom. The van der Waals surface area contributed by atoms with Crippen molar-refractivity contribution in [3.63, 3.8) is 0 Å². The first-order valence-corrected chi connectivity index (χ1v) is 6.98. The van der Waals surface area contributed by atoms with E-state index in [2.05, 4.69) is 24.5 Å². The predicted molar refractivity (Wildman–Crippen MR) is 79.0 cm³/mol. The smallest absolute Gasteiger partial charge is 0.245 e. The number of hydrogen-bond acceptors (Lipinski definition) is 4. The summed E-state index contributed by atoms with van der Waals surface area (Å²) in [4.78, 5) is 11.2. The van der Waals surface area contributed by atoms with Gasteiger partial charge in [-0.25, -0.2) is 0 Å². The second-order valence-corrected chi connectivity index (χ2v) is 5.45. The molecular weight excluding hydrogens is 248 g/mol. The van der Waals surface area contributed by atoms with Crippen LogP contribution in [0.15, 0.2) is 0 Å². The van der Waals surface area contributed by atoms with Gasteiger partial charge in [-0.2, -0.15) is 0 Å². The van der Waals surface area contributed by atoms with Crippen LogP contribution in [0.25, 0.3) is 0 Å². The number of rotatable bonds is 11. The van der Waals surface area contributed by atoms with Crippen molar-refractivity contribution >= 4 is 23.5 Å². The minimum Gasteiger partial charge on any atom is -0.370 e. The molecule has 0 radical (unpaired) electrons. The summed E-state index contributed by atoms with van der Waals surface area (Å²) in [6, 6.07) is 0. The molecule has 5 heteroatoms. The third-order valence-corrected chi connectivity index (χ3v) is 2.63. The quantitative estimate of drug-likeness (QED) is 0.443. The van der Waals surface area contributed by atoms with Crippen molar-refractivity contribution in [2.75, 3.05) is 32.8 Å². The number of thiocarbonyl (C=S) groups is 1. The second kappa shape index (κ2) is 10.4. The minimum atomic E-state index is -0.0436. The number of carbonyl (C=O) groups is 1. The molecule has 0 aromatic heterocycles. The van der Waals surface area contributed by atoms with E-state index in [9.17, 15) is 4.79 Å². The van der Waals surface area contributed by atoms with Crippen LogP contribution in [0.4, 0.5) is 0 Å². The molecule has 4 nitrogen and oxygen atoms in total. The summed E-state index contributed by atoms with van der Waals surface area (Å²) in [7, 11) is 0. The minimum absolute atomic E-state index is 0.0436. The predicted octanol–water partition coefficient (Wildman–Crippen LogP) is 1.53. The Morgan fingerprint density at radius 3 is 2.72 bits per heavy atom. The fourth-order valence-electron chi connectivity index (χ4n) is 1.35. The molecule has 2 N–H and O–H groups in total. The highest BCUT2D eigenvalue weighted by molar-refractivity contribution is 7.78. The highest BCUT2D eigenvalue weighted by Crippen LogP contribution is 2.16. The van der Waals surface area contributed by atoms with Crippen molar-refractivity contribution < 1.29 is 9.53 Å². The van der Waals surface area contributed by atoms with Crippen LogP contribution >= 0.6 is 12.2 Å². The molecule has 0 rings (SSSR count). The van der Waals surface area contributed by atoms with Gasteiger partial charge >= 0.3 is 0 Å². The third kappa shape index (κ3) is 10.6. The maximum Gasteiger partial charge on any atom is 0.245 e. The summed E-state index contributed by atoms with van der Waals surface area (Å²) in [5, 5.41) is 7.84. The van der Waals surface area contributed by atoms with Gasteiger partial charge in [0.15, 0.2) is 0 Å². The van der Waals surface area contributed by atoms with Gasteiger partial charge in [0, 0.05) is 19.6 Å². The molecule has 0 aromatic carbocycles. The Hall–Kier alpha value is -0.520. The van der Waals surface area contributed by atoms with Crippen LogP contribution in [0.1, 0.15) is 33.6 Å². The molecule has 1 amide bonds. The molecule has 0 aromatic rings. The van der Waals surface area contributed by atoms with Crippen molar-refractivity contribution in [3.8, 4) is 0 Å². The van der Waals surface area contributed by atoms with Gasteiger partial charge in [-0.15, -0.1) is 0 Å². The molecule has 0 aliphatic rings. The molecule has 106 valence electrons. The zero-order chi connectivity index (χ0) is 13.9. The average Bonchev–Trinajstić information content (AvgIpc) is 2.30. The molecule has 0 bridgehead atoms. The zero-order valence-electron chi connectivity index (χ0n) is 11.8. The maximum atomic E-state index is 11.2. The molecule has 0 saturated heterocycles. The van der Waals surface area contributed by atoms with Crippen molar-refractivity contribution in [2.45, 2.75) is 33.6 Å². The first-order chi connectivity index (χ1) is 8.52. The van der Waals surface area contributed by atoms with Gasteiger partial charge in [0.2, 0.25) is 5.91 Å². The van der Waals surface area contributed by atoms with E-state index in [1.54, 1.807) is 5.37 Å². The molecule has 0 atom stereocenters. The Morgan fingerprint density at radius 1 is 1.39 bits per heavy atom. The van der Waals surface area contributed by atoms with E-state index in [0.29, 0.717) is 13.2 Å². The van der Waals surface area contributed by atoms with Crippen LogP contribution in [0, 0.1) is 5.41 Å². The summed E-state index contributed by atoms with van der Waals surface area (Å²) in [5.74, 6) is -0.0436. The van der Waals surface area contributed by atoms with Crippen molar-refractivity contribution in [1.82, 2.24) is 10.6 Å². The lowest BCUT2D eigenvalue weighted by molar-refractivity contribution is -0.125. The van der Waals surface area contributed by atoms with E-state index in [1.807, 2.05) is 6.92 Å². The first-order valence-electron chi connectivity index (χ1n) is 6.50. The molecule has 0 fully saturated rings. The number of carbonyl (C=O) groups excluding carboxylic acids is 1. The van der Waals surface area contributed by atoms with E-state index in [1.165, 1.54) is 0 Å². The number of amides is 1. The van der Waals surface area contributed by atoms with E-state index in [-0.39, 0.29) is 17.9 Å². The normalized spacial score (nSPS) is 11.3. The Bertz CT molecular complexity index is 245. The lowest BCUT2D eigenvalue weighted by Gasteiger charge is -2.22. The summed E-state index contributed by atoms with van der Waals surface area (Å²) in [6.07, 6.45) is 1.86. The van der Waals surface area contributed by atoms with Crippen molar-refractivity contribution in [2.24, 2.45) is 5.41 Å². The fourth-order valence-corrected chi connectivity index (χ4v) is 1.80. The van der Waals surface area contributed by atoms with E-state index in [0.717, 1.165) is 25.9 Å². The molecule has 0 aliphatic heterocycles. The van der Waals surface area contributed by atoms with Crippen molar-refractivity contribution in [1.29, 1.82) is 0 Å². The Balaban J connectivity index is 3.40. The van der Waals surface area contributed by atoms with Gasteiger partial charge in [-0.1, -0.05) is 33.0 Å². The second-order valence-electron chi connectivity index (χ2n) is 5.11. The first kappa shape index (κ1) is 17.5. The average molecular weight is 274 g/mol. The van der Waals surface area contributed by atoms with Gasteiger partial charge in [-0.3, -0.25) is 4.79 Å². The molecule has 0 heterocycles. The van der Waals surface area contributed by atoms with E-state index in [4.69, 9.17) is 17.0 Å². The molecule has 0 aliphatic carbocycles. The van der Waals surface area contributed by atoms with Gasteiger partial charge in [0.1, 0.15) is 6.61 Å². The maximum absolute atomic E-state index is 11.2. The standard InChI is InChI=1S/C13H26N2O2S/c1-4-6-15-12(16)10-17-8-7-14-11-13(2,3)5-9-18/h9,14H,4-8,10-11H2,1-3H3,(H,15,16). The number of hydrogen-bond donors (Lipinski definition) is 2. The van der Waals surface area contributed by atoms with Crippen LogP contribution in [0.5, 0.6) is 0 Å². The van der Waals surface area contributed by atoms with Gasteiger partial charge in [-0.05, 0) is 23.6 Å². The third-order valence-electron chi connectivity index (χ3n) is 2.47. The van der Waals surface area contributed by atoms with Gasteiger partial charge in [0.25, 0.3) is 0 Å². The molecular formula is C13H26N2O2S. The lowest BCUT2D eigenvalue weighted by Crippen LogP contribution is -2.33. The molecule has 0 saturated carbocycles. The monoisotopic (exact) mass is 274 g/mol. The Kier molecular flexibility index (Phi) is 10.1. The van der Waals surface area contributed by atoms with E-state index < -0.39 is 0 Å². The van der Waals surface area contributed by atoms with Crippen LogP contribution in [-0.4, -0.2) is 44.1 Å². The zero-order valence-corrected chi connectivity index (χ0v) is 12.6. The SMILES string of the molecule is CCCNC(=O)COCCNCC(C)(C)CC=S. The van der Waals surface area contributed by atoms with Crippen LogP contribution in [0.3, 0.4) is 0 Å². The summed E-state index contributed by atoms with van der Waals surface area (Å²) < 4.78 is 5.26. The highest BCUT2D eigenvalue weighted by atomic mass is 32.1. The van der Waals surface area contributed by atoms with Crippen LogP contribution < -0.4 is 10.6 Å². The topological polar surface area (TPSA) is 50.4 Å². The highest BCUT2D eigenvalue weighted by Gasteiger charge is 2.14. The number of ether oxygens (including phenoxy) is 1. The summed E-state index contributed by atoms with van der Waals surface area (Å²) in [6.45, 7) is 9.41. The molecule has 18 heavy (non-hydrogen) atoms.